The van der Waals surface area contributed by atoms with Crippen molar-refractivity contribution < 1.29 is 13.5 Å². The lowest BCUT2D eigenvalue weighted by Gasteiger charge is -2.21. The largest absolute Gasteiger partial charge is 0.381 e. The number of fused-ring (bicyclic) bond motifs is 1. The van der Waals surface area contributed by atoms with E-state index < -0.39 is 11.6 Å². The van der Waals surface area contributed by atoms with E-state index in [1.54, 1.807) is 10.7 Å². The molecule has 1 N–H and O–H groups in total. The third-order valence-electron chi connectivity index (χ3n) is 6.48. The zero-order chi connectivity index (χ0) is 21.5. The summed E-state index contributed by atoms with van der Waals surface area (Å²) in [5.41, 5.74) is 0.703. The fraction of sp³-hybridized carbons (Fsp3) is 0.500. The first-order chi connectivity index (χ1) is 15.0. The summed E-state index contributed by atoms with van der Waals surface area (Å²) >= 11 is 0. The van der Waals surface area contributed by atoms with Gasteiger partial charge in [-0.15, -0.1) is 0 Å². The highest BCUT2D eigenvalue weighted by molar-refractivity contribution is 5.42. The molecule has 2 atom stereocenters. The molecule has 0 saturated carbocycles. The first kappa shape index (κ1) is 20.3. The van der Waals surface area contributed by atoms with Crippen LogP contribution in [0.1, 0.15) is 48.8 Å². The van der Waals surface area contributed by atoms with Gasteiger partial charge in [0.2, 0.25) is 0 Å². The third kappa shape index (κ3) is 3.87. The fourth-order valence-corrected chi connectivity index (χ4v) is 4.78. The van der Waals surface area contributed by atoms with Crippen LogP contribution >= 0.6 is 0 Å². The first-order valence-electron chi connectivity index (χ1n) is 10.7. The first-order valence-corrected chi connectivity index (χ1v) is 10.7. The van der Waals surface area contributed by atoms with Gasteiger partial charge in [0.15, 0.2) is 5.52 Å². The second kappa shape index (κ2) is 8.12. The number of aromatic nitrogens is 4. The van der Waals surface area contributed by atoms with Gasteiger partial charge in [-0.1, -0.05) is 13.0 Å². The van der Waals surface area contributed by atoms with Crippen LogP contribution in [0.25, 0.3) is 5.52 Å². The predicted octanol–water partition coefficient (Wildman–Crippen LogP) is 2.83. The van der Waals surface area contributed by atoms with Crippen molar-refractivity contribution in [3.63, 3.8) is 0 Å². The van der Waals surface area contributed by atoms with Crippen molar-refractivity contribution in [3.8, 4) is 0 Å². The average Bonchev–Trinajstić information content (AvgIpc) is 3.34. The van der Waals surface area contributed by atoms with Gasteiger partial charge in [0.05, 0.1) is 6.20 Å². The van der Waals surface area contributed by atoms with Gasteiger partial charge in [-0.2, -0.15) is 5.10 Å². The Bertz CT molecular complexity index is 1150. The lowest BCUT2D eigenvalue weighted by Crippen LogP contribution is -2.24. The van der Waals surface area contributed by atoms with E-state index in [-0.39, 0.29) is 23.3 Å². The number of nitrogens with zero attached hydrogens (tertiary/aromatic N) is 4. The quantitative estimate of drug-likeness (QED) is 0.690. The Morgan fingerprint density at radius 3 is 2.81 bits per heavy atom. The monoisotopic (exact) mass is 429 g/mol. The Hall–Kier alpha value is -2.65. The van der Waals surface area contributed by atoms with Crippen LogP contribution in [-0.2, 0) is 11.3 Å². The van der Waals surface area contributed by atoms with Crippen molar-refractivity contribution in [2.24, 2.45) is 5.92 Å². The number of rotatable bonds is 4. The summed E-state index contributed by atoms with van der Waals surface area (Å²) in [5, 5.41) is 4.78. The van der Waals surface area contributed by atoms with Crippen LogP contribution in [0.2, 0.25) is 0 Å². The molecule has 2 aliphatic rings. The molecule has 0 aliphatic carbocycles. The summed E-state index contributed by atoms with van der Waals surface area (Å²) in [6, 6.07) is 3.68. The predicted molar refractivity (Wildman–Crippen MR) is 110 cm³/mol. The molecule has 1 aromatic carbocycles. The summed E-state index contributed by atoms with van der Waals surface area (Å²) in [6.07, 6.45) is 3.31. The average molecular weight is 429 g/mol. The van der Waals surface area contributed by atoms with Crippen molar-refractivity contribution in [2.75, 3.05) is 26.3 Å². The van der Waals surface area contributed by atoms with Crippen LogP contribution in [0.15, 0.2) is 29.2 Å². The minimum absolute atomic E-state index is 0.00514. The van der Waals surface area contributed by atoms with Gasteiger partial charge < -0.3 is 9.72 Å². The van der Waals surface area contributed by atoms with E-state index in [2.05, 4.69) is 21.8 Å². The molecule has 4 heterocycles. The van der Waals surface area contributed by atoms with Gasteiger partial charge in [-0.05, 0) is 24.8 Å². The molecule has 3 aromatic rings. The smallest absolute Gasteiger partial charge is 0.276 e. The number of likely N-dealkylation sites (tertiary alicyclic amines) is 1. The van der Waals surface area contributed by atoms with Gasteiger partial charge in [0.1, 0.15) is 23.3 Å². The van der Waals surface area contributed by atoms with Crippen molar-refractivity contribution in [3.05, 3.63) is 63.6 Å². The molecule has 2 unspecified atom stereocenters. The molecule has 0 spiro atoms. The Morgan fingerprint density at radius 1 is 1.23 bits per heavy atom. The van der Waals surface area contributed by atoms with Crippen LogP contribution in [0.3, 0.4) is 0 Å². The van der Waals surface area contributed by atoms with Crippen LogP contribution in [-0.4, -0.2) is 50.8 Å². The number of hydrogen-bond acceptors (Lipinski definition) is 5. The lowest BCUT2D eigenvalue weighted by molar-refractivity contribution is 0.0832. The van der Waals surface area contributed by atoms with E-state index in [0.717, 1.165) is 31.3 Å². The van der Waals surface area contributed by atoms with Crippen molar-refractivity contribution in [2.45, 2.75) is 38.1 Å². The molecule has 2 saturated heterocycles. The van der Waals surface area contributed by atoms with Crippen LogP contribution in [0.5, 0.6) is 0 Å². The molecule has 164 valence electrons. The molecular weight excluding hydrogens is 404 g/mol. The van der Waals surface area contributed by atoms with Crippen molar-refractivity contribution in [1.29, 1.82) is 0 Å². The van der Waals surface area contributed by atoms with Gasteiger partial charge in [-0.3, -0.25) is 9.69 Å². The van der Waals surface area contributed by atoms with Crippen molar-refractivity contribution in [1.82, 2.24) is 24.5 Å². The minimum Gasteiger partial charge on any atom is -0.381 e. The van der Waals surface area contributed by atoms with E-state index in [4.69, 9.17) is 9.84 Å². The Balaban J connectivity index is 1.41. The molecule has 0 radical (unpaired) electrons. The molecule has 2 aliphatic heterocycles. The molecule has 5 rings (SSSR count). The van der Waals surface area contributed by atoms with Crippen LogP contribution < -0.4 is 5.56 Å². The zero-order valence-electron chi connectivity index (χ0n) is 17.4. The maximum Gasteiger partial charge on any atom is 0.276 e. The number of benzene rings is 1. The lowest BCUT2D eigenvalue weighted by atomic mass is 9.97. The summed E-state index contributed by atoms with van der Waals surface area (Å²) in [6.45, 7) is 5.23. The van der Waals surface area contributed by atoms with E-state index in [1.165, 1.54) is 12.1 Å². The van der Waals surface area contributed by atoms with E-state index >= 15 is 0 Å². The highest BCUT2D eigenvalue weighted by Gasteiger charge is 2.34. The highest BCUT2D eigenvalue weighted by Crippen LogP contribution is 2.32. The second-order valence-corrected chi connectivity index (χ2v) is 8.65. The number of hydrogen-bond donors (Lipinski definition) is 1. The standard InChI is InChI=1S/C22H25F2N5O2/c1-13-10-28(11-15-2-3-16(23)8-18(15)24)12-17(13)20-26-22(30)19-9-25-21(29(19)27-20)14-4-6-31-7-5-14/h2-3,8-9,13-14,17H,4-7,10-12H2,1H3,(H,26,27,30). The summed E-state index contributed by atoms with van der Waals surface area (Å²) in [7, 11) is 0. The second-order valence-electron chi connectivity index (χ2n) is 8.65. The highest BCUT2D eigenvalue weighted by atomic mass is 19.1. The maximum absolute atomic E-state index is 14.1. The number of nitrogens with one attached hydrogen (secondary N) is 1. The summed E-state index contributed by atoms with van der Waals surface area (Å²) < 4.78 is 34.4. The molecular formula is C22H25F2N5O2. The number of imidazole rings is 1. The third-order valence-corrected chi connectivity index (χ3v) is 6.48. The molecule has 31 heavy (non-hydrogen) atoms. The minimum atomic E-state index is -0.579. The molecule has 0 amide bonds. The number of aromatic amines is 1. The SMILES string of the molecule is CC1CN(Cc2ccc(F)cc2F)CC1c1nn2c(C3CCOCC3)ncc2c(=O)[nH]1. The molecule has 2 aromatic heterocycles. The number of halogens is 2. The fourth-order valence-electron chi connectivity index (χ4n) is 4.78. The van der Waals surface area contributed by atoms with Gasteiger partial charge in [0.25, 0.3) is 5.56 Å². The number of H-pyrrole nitrogens is 1. The normalized spacial score (nSPS) is 23.1. The maximum atomic E-state index is 14.1. The van der Waals surface area contributed by atoms with E-state index in [0.29, 0.717) is 43.2 Å². The van der Waals surface area contributed by atoms with Gasteiger partial charge in [-0.25, -0.2) is 18.3 Å². The Morgan fingerprint density at radius 2 is 2.03 bits per heavy atom. The van der Waals surface area contributed by atoms with E-state index in [9.17, 15) is 13.6 Å². The topological polar surface area (TPSA) is 75.5 Å². The van der Waals surface area contributed by atoms with Gasteiger partial charge >= 0.3 is 0 Å². The number of ether oxygens (including phenoxy) is 1. The molecule has 2 fully saturated rings. The molecule has 0 bridgehead atoms. The zero-order valence-corrected chi connectivity index (χ0v) is 17.4. The van der Waals surface area contributed by atoms with Crippen molar-refractivity contribution >= 4 is 5.52 Å². The van der Waals surface area contributed by atoms with Crippen LogP contribution in [0.4, 0.5) is 8.78 Å². The Labute approximate surface area is 178 Å². The van der Waals surface area contributed by atoms with Crippen LogP contribution in [0, 0.1) is 17.6 Å². The van der Waals surface area contributed by atoms with Gasteiger partial charge in [0, 0.05) is 56.3 Å². The Kier molecular flexibility index (Phi) is 5.31. The summed E-state index contributed by atoms with van der Waals surface area (Å²) in [5.74, 6) is 0.759. The molecule has 7 nitrogen and oxygen atoms in total. The van der Waals surface area contributed by atoms with E-state index in [1.807, 2.05) is 0 Å². The summed E-state index contributed by atoms with van der Waals surface area (Å²) in [4.78, 5) is 22.3. The molecule has 9 heteroatoms.